The summed E-state index contributed by atoms with van der Waals surface area (Å²) in [7, 11) is 2.16. The van der Waals surface area contributed by atoms with Crippen LogP contribution in [0.5, 0.6) is 0 Å². The first-order valence-corrected chi connectivity index (χ1v) is 9.91. The van der Waals surface area contributed by atoms with E-state index in [0.717, 1.165) is 0 Å². The van der Waals surface area contributed by atoms with Gasteiger partial charge >= 0.3 is 5.13 Å². The number of hydrogen-bond acceptors (Lipinski definition) is 3. The second-order valence-electron chi connectivity index (χ2n) is 7.53. The Hall–Kier alpha value is -2.33. The number of aromatic nitrogens is 1. The number of rotatable bonds is 3. The van der Waals surface area contributed by atoms with Crippen LogP contribution in [0.15, 0.2) is 60.9 Å². The number of anilines is 1. The topological polar surface area (TPSA) is 10.4 Å². The van der Waals surface area contributed by atoms with Crippen LogP contribution in [0.2, 0.25) is 0 Å². The molecular formula is C22H26N3S+. The Morgan fingerprint density at radius 1 is 1.00 bits per heavy atom. The number of fused-ring (bicyclic) bond motifs is 1. The molecule has 4 heteroatoms. The van der Waals surface area contributed by atoms with E-state index in [-0.39, 0.29) is 11.7 Å². The average Bonchev–Trinajstić information content (AvgIpc) is 3.16. The first kappa shape index (κ1) is 17.1. The molecule has 0 saturated carbocycles. The summed E-state index contributed by atoms with van der Waals surface area (Å²) < 4.78 is 3.62. The molecule has 0 N–H and O–H groups in total. The van der Waals surface area contributed by atoms with E-state index in [0.29, 0.717) is 0 Å². The van der Waals surface area contributed by atoms with Gasteiger partial charge in [-0.25, -0.2) is 9.47 Å². The Balaban J connectivity index is 1.70. The van der Waals surface area contributed by atoms with E-state index in [4.69, 9.17) is 0 Å². The highest BCUT2D eigenvalue weighted by Crippen LogP contribution is 2.38. The van der Waals surface area contributed by atoms with Crippen molar-refractivity contribution in [3.63, 3.8) is 0 Å². The van der Waals surface area contributed by atoms with E-state index in [9.17, 15) is 0 Å². The van der Waals surface area contributed by atoms with Crippen molar-refractivity contribution >= 4 is 26.7 Å². The van der Waals surface area contributed by atoms with Crippen molar-refractivity contribution in [2.45, 2.75) is 39.4 Å². The fourth-order valence-electron chi connectivity index (χ4n) is 4.12. The first-order valence-electron chi connectivity index (χ1n) is 9.10. The third-order valence-corrected chi connectivity index (χ3v) is 6.81. The predicted octanol–water partition coefficient (Wildman–Crippen LogP) is 4.91. The van der Waals surface area contributed by atoms with Crippen molar-refractivity contribution in [1.29, 1.82) is 0 Å². The van der Waals surface area contributed by atoms with Gasteiger partial charge in [-0.3, -0.25) is 0 Å². The summed E-state index contributed by atoms with van der Waals surface area (Å²) in [5.74, 6) is 0. The SMILES string of the molecule is Cc1ccccc1C(C)(C)N1C=CN(c2sc3ccccc3[n+]2C)[C@H]1C. The van der Waals surface area contributed by atoms with Crippen molar-refractivity contribution in [1.82, 2.24) is 4.90 Å². The number of benzene rings is 2. The fourth-order valence-corrected chi connectivity index (χ4v) is 5.33. The van der Waals surface area contributed by atoms with Gasteiger partial charge < -0.3 is 4.90 Å². The van der Waals surface area contributed by atoms with Gasteiger partial charge in [-0.2, -0.15) is 0 Å². The Kier molecular flexibility index (Phi) is 4.03. The van der Waals surface area contributed by atoms with Gasteiger partial charge in [-0.05, 0) is 62.3 Å². The third kappa shape index (κ3) is 2.52. The van der Waals surface area contributed by atoms with Gasteiger partial charge in [0.05, 0.1) is 17.3 Å². The summed E-state index contributed by atoms with van der Waals surface area (Å²) in [6.07, 6.45) is 4.71. The zero-order chi connectivity index (χ0) is 18.5. The molecular weight excluding hydrogens is 338 g/mol. The summed E-state index contributed by atoms with van der Waals surface area (Å²) in [4.78, 5) is 4.84. The maximum atomic E-state index is 2.46. The van der Waals surface area contributed by atoms with Crippen LogP contribution >= 0.6 is 11.3 Å². The molecule has 1 aliphatic heterocycles. The summed E-state index contributed by atoms with van der Waals surface area (Å²) >= 11 is 1.85. The first-order chi connectivity index (χ1) is 12.4. The fraction of sp³-hybridized carbons (Fsp3) is 0.318. The maximum absolute atomic E-state index is 2.46. The van der Waals surface area contributed by atoms with Crippen molar-refractivity contribution in [3.8, 4) is 0 Å². The predicted molar refractivity (Wildman–Crippen MR) is 110 cm³/mol. The minimum Gasteiger partial charge on any atom is -0.327 e. The standard InChI is InChI=1S/C22H26N3S/c1-16-10-6-7-11-18(16)22(3,4)25-15-14-24(17(25)2)21-23(5)19-12-8-9-13-20(19)26-21/h6-15,17H,1-5H3/q+1/t17-/m1/s1. The van der Waals surface area contributed by atoms with Gasteiger partial charge in [-0.15, -0.1) is 0 Å². The van der Waals surface area contributed by atoms with Crippen LogP contribution in [-0.4, -0.2) is 11.1 Å². The van der Waals surface area contributed by atoms with Gasteiger partial charge in [0, 0.05) is 6.20 Å². The molecule has 0 saturated heterocycles. The zero-order valence-corrected chi connectivity index (χ0v) is 16.9. The Bertz CT molecular complexity index is 986. The molecule has 2 aromatic carbocycles. The van der Waals surface area contributed by atoms with E-state index in [1.54, 1.807) is 0 Å². The zero-order valence-electron chi connectivity index (χ0n) is 16.1. The van der Waals surface area contributed by atoms with Crippen LogP contribution in [-0.2, 0) is 12.6 Å². The van der Waals surface area contributed by atoms with Gasteiger partial charge in [0.2, 0.25) is 0 Å². The highest BCUT2D eigenvalue weighted by molar-refractivity contribution is 7.21. The molecule has 1 aliphatic rings. The van der Waals surface area contributed by atoms with Gasteiger partial charge in [0.15, 0.2) is 6.17 Å². The van der Waals surface area contributed by atoms with E-state index in [2.05, 4.69) is 110 Å². The Morgan fingerprint density at radius 3 is 2.42 bits per heavy atom. The largest absolute Gasteiger partial charge is 0.343 e. The molecule has 0 spiro atoms. The lowest BCUT2D eigenvalue weighted by Crippen LogP contribution is -2.48. The minimum atomic E-state index is -0.0781. The molecule has 0 amide bonds. The lowest BCUT2D eigenvalue weighted by molar-refractivity contribution is -0.628. The lowest BCUT2D eigenvalue weighted by atomic mass is 9.88. The van der Waals surface area contributed by atoms with Crippen molar-refractivity contribution in [2.75, 3.05) is 4.90 Å². The van der Waals surface area contributed by atoms with E-state index >= 15 is 0 Å². The smallest absolute Gasteiger partial charge is 0.327 e. The number of thiazole rings is 1. The van der Waals surface area contributed by atoms with Crippen LogP contribution in [0.1, 0.15) is 31.9 Å². The normalized spacial score (nSPS) is 17.5. The Morgan fingerprint density at radius 2 is 1.69 bits per heavy atom. The highest BCUT2D eigenvalue weighted by Gasteiger charge is 2.41. The maximum Gasteiger partial charge on any atom is 0.343 e. The molecule has 4 rings (SSSR count). The summed E-state index contributed by atoms with van der Waals surface area (Å²) in [6.45, 7) is 9.10. The van der Waals surface area contributed by atoms with E-state index in [1.165, 1.54) is 26.5 Å². The summed E-state index contributed by atoms with van der Waals surface area (Å²) in [6, 6.07) is 17.3. The number of nitrogens with zero attached hydrogens (tertiary/aromatic N) is 3. The molecule has 0 aliphatic carbocycles. The molecule has 134 valence electrons. The number of aryl methyl sites for hydroxylation is 2. The second-order valence-corrected chi connectivity index (χ2v) is 8.54. The number of hydrogen-bond donors (Lipinski definition) is 0. The van der Waals surface area contributed by atoms with Crippen molar-refractivity contribution in [2.24, 2.45) is 7.05 Å². The molecule has 26 heavy (non-hydrogen) atoms. The van der Waals surface area contributed by atoms with Crippen LogP contribution in [0.4, 0.5) is 5.13 Å². The summed E-state index contributed by atoms with van der Waals surface area (Å²) in [5.41, 5.74) is 3.92. The van der Waals surface area contributed by atoms with Crippen LogP contribution in [0.25, 0.3) is 10.2 Å². The number of para-hydroxylation sites is 1. The van der Waals surface area contributed by atoms with Crippen molar-refractivity contribution < 1.29 is 4.57 Å². The second kappa shape index (κ2) is 6.13. The van der Waals surface area contributed by atoms with E-state index in [1.807, 2.05) is 11.3 Å². The van der Waals surface area contributed by atoms with Crippen LogP contribution in [0.3, 0.4) is 0 Å². The van der Waals surface area contributed by atoms with Crippen LogP contribution < -0.4 is 9.47 Å². The third-order valence-electron chi connectivity index (χ3n) is 5.58. The highest BCUT2D eigenvalue weighted by atomic mass is 32.1. The summed E-state index contributed by atoms with van der Waals surface area (Å²) in [5, 5.41) is 1.26. The molecule has 1 atom stereocenters. The van der Waals surface area contributed by atoms with Crippen molar-refractivity contribution in [3.05, 3.63) is 72.1 Å². The average molecular weight is 365 g/mol. The molecule has 0 bridgehead atoms. The van der Waals surface area contributed by atoms with Gasteiger partial charge in [-0.1, -0.05) is 36.4 Å². The molecule has 3 nitrogen and oxygen atoms in total. The van der Waals surface area contributed by atoms with Gasteiger partial charge in [0.1, 0.15) is 11.7 Å². The molecule has 3 aromatic rings. The van der Waals surface area contributed by atoms with E-state index < -0.39 is 0 Å². The lowest BCUT2D eigenvalue weighted by Gasteiger charge is -2.39. The molecule has 0 fully saturated rings. The minimum absolute atomic E-state index is 0.0781. The quantitative estimate of drug-likeness (QED) is 0.611. The molecule has 0 radical (unpaired) electrons. The molecule has 2 heterocycles. The molecule has 1 aromatic heterocycles. The van der Waals surface area contributed by atoms with Crippen LogP contribution in [0, 0.1) is 6.92 Å². The Labute approximate surface area is 159 Å². The van der Waals surface area contributed by atoms with Gasteiger partial charge in [0.25, 0.3) is 0 Å². The molecule has 0 unspecified atom stereocenters. The monoisotopic (exact) mass is 364 g/mol.